The second kappa shape index (κ2) is 6.69. The first-order chi connectivity index (χ1) is 10.2. The van der Waals surface area contributed by atoms with Gasteiger partial charge in [0, 0.05) is 29.3 Å². The topological polar surface area (TPSA) is 30.5 Å². The zero-order chi connectivity index (χ0) is 14.7. The largest absolute Gasteiger partial charge is 0.489 e. The van der Waals surface area contributed by atoms with E-state index in [1.54, 1.807) is 0 Å². The summed E-state index contributed by atoms with van der Waals surface area (Å²) in [6.45, 7) is 5.08. The number of hydrogen-bond donors (Lipinski definition) is 1. The van der Waals surface area contributed by atoms with Crippen molar-refractivity contribution in [1.29, 1.82) is 0 Å². The van der Waals surface area contributed by atoms with Gasteiger partial charge in [-0.05, 0) is 36.8 Å². The summed E-state index contributed by atoms with van der Waals surface area (Å²) in [5, 5.41) is 4.06. The summed E-state index contributed by atoms with van der Waals surface area (Å²) < 4.78 is 11.3. The van der Waals surface area contributed by atoms with Crippen LogP contribution < -0.4 is 14.8 Å². The summed E-state index contributed by atoms with van der Waals surface area (Å²) in [5.41, 5.74) is 1.11. The second-order valence-corrected chi connectivity index (χ2v) is 6.85. The molecular weight excluding hydrogens is 306 g/mol. The molecule has 1 aliphatic rings. The van der Waals surface area contributed by atoms with Gasteiger partial charge in [-0.3, -0.25) is 0 Å². The highest BCUT2D eigenvalue weighted by atomic mass is 35.5. The van der Waals surface area contributed by atoms with Crippen molar-refractivity contribution in [2.24, 2.45) is 0 Å². The van der Waals surface area contributed by atoms with Crippen LogP contribution in [0.1, 0.15) is 21.7 Å². The van der Waals surface area contributed by atoms with E-state index in [0.717, 1.165) is 30.8 Å². The van der Waals surface area contributed by atoms with Gasteiger partial charge in [-0.1, -0.05) is 11.6 Å². The molecule has 1 aromatic heterocycles. The lowest BCUT2D eigenvalue weighted by atomic mass is 10.2. The van der Waals surface area contributed by atoms with Crippen molar-refractivity contribution >= 4 is 22.9 Å². The summed E-state index contributed by atoms with van der Waals surface area (Å²) >= 11 is 8.11. The van der Waals surface area contributed by atoms with Gasteiger partial charge in [-0.25, -0.2) is 0 Å². The molecule has 2 aromatic rings. The van der Waals surface area contributed by atoms with Crippen LogP contribution in [0, 0.1) is 6.92 Å². The van der Waals surface area contributed by atoms with E-state index in [1.807, 2.05) is 23.5 Å². The number of nitrogens with one attached hydrogen (secondary N) is 1. The van der Waals surface area contributed by atoms with E-state index >= 15 is 0 Å². The van der Waals surface area contributed by atoms with E-state index in [0.29, 0.717) is 24.0 Å². The fourth-order valence-electron chi connectivity index (χ4n) is 2.30. The Hall–Kier alpha value is -1.23. The minimum Gasteiger partial charge on any atom is -0.489 e. The van der Waals surface area contributed by atoms with E-state index in [-0.39, 0.29) is 0 Å². The fraction of sp³-hybridized carbons (Fsp3) is 0.375. The number of rotatable bonds is 4. The molecule has 0 saturated heterocycles. The Balaban J connectivity index is 1.65. The third-order valence-electron chi connectivity index (χ3n) is 3.29. The number of benzene rings is 1. The summed E-state index contributed by atoms with van der Waals surface area (Å²) in [7, 11) is 0. The van der Waals surface area contributed by atoms with Crippen molar-refractivity contribution in [3.63, 3.8) is 0 Å². The smallest absolute Gasteiger partial charge is 0.179 e. The van der Waals surface area contributed by atoms with Crippen LogP contribution in [0.15, 0.2) is 24.3 Å². The van der Waals surface area contributed by atoms with Crippen molar-refractivity contribution in [2.75, 3.05) is 13.2 Å². The molecule has 0 amide bonds. The highest BCUT2D eigenvalue weighted by Crippen LogP contribution is 2.37. The maximum absolute atomic E-state index is 6.29. The summed E-state index contributed by atoms with van der Waals surface area (Å²) in [6.07, 6.45) is 0.885. The van der Waals surface area contributed by atoms with Crippen LogP contribution in [0.2, 0.25) is 5.02 Å². The molecular formula is C16H18ClNO2S. The first-order valence-corrected chi connectivity index (χ1v) is 8.26. The molecule has 3 rings (SSSR count). The fourth-order valence-corrected chi connectivity index (χ4v) is 3.44. The number of ether oxygens (including phenoxy) is 2. The molecule has 2 heterocycles. The van der Waals surface area contributed by atoms with Crippen molar-refractivity contribution in [3.05, 3.63) is 44.6 Å². The van der Waals surface area contributed by atoms with Gasteiger partial charge in [0.1, 0.15) is 0 Å². The van der Waals surface area contributed by atoms with Crippen molar-refractivity contribution in [3.8, 4) is 11.5 Å². The molecule has 1 aliphatic heterocycles. The average molecular weight is 324 g/mol. The van der Waals surface area contributed by atoms with Crippen molar-refractivity contribution in [2.45, 2.75) is 26.4 Å². The molecule has 1 aromatic carbocycles. The van der Waals surface area contributed by atoms with E-state index in [1.165, 1.54) is 9.75 Å². The van der Waals surface area contributed by atoms with Crippen LogP contribution >= 0.6 is 22.9 Å². The lowest BCUT2D eigenvalue weighted by Gasteiger charge is -2.12. The SMILES string of the molecule is Cc1ccc(CNCc2cc(Cl)c3c(c2)OCCCO3)s1. The van der Waals surface area contributed by atoms with Crippen LogP contribution in [-0.2, 0) is 13.1 Å². The third kappa shape index (κ3) is 3.70. The minimum atomic E-state index is 0.623. The molecule has 0 atom stereocenters. The highest BCUT2D eigenvalue weighted by Gasteiger charge is 2.15. The Kier molecular flexibility index (Phi) is 4.68. The van der Waals surface area contributed by atoms with E-state index < -0.39 is 0 Å². The maximum atomic E-state index is 6.29. The van der Waals surface area contributed by atoms with E-state index in [4.69, 9.17) is 21.1 Å². The van der Waals surface area contributed by atoms with Gasteiger partial charge >= 0.3 is 0 Å². The monoisotopic (exact) mass is 323 g/mol. The number of thiophene rings is 1. The number of hydrogen-bond acceptors (Lipinski definition) is 4. The number of fused-ring (bicyclic) bond motifs is 1. The van der Waals surface area contributed by atoms with Gasteiger partial charge in [-0.15, -0.1) is 11.3 Å². The minimum absolute atomic E-state index is 0.623. The van der Waals surface area contributed by atoms with E-state index in [9.17, 15) is 0 Å². The van der Waals surface area contributed by atoms with Crippen LogP contribution in [-0.4, -0.2) is 13.2 Å². The van der Waals surface area contributed by atoms with Gasteiger partial charge in [0.15, 0.2) is 11.5 Å². The second-order valence-electron chi connectivity index (χ2n) is 5.07. The van der Waals surface area contributed by atoms with Crippen molar-refractivity contribution in [1.82, 2.24) is 5.32 Å². The number of halogens is 1. The summed E-state index contributed by atoms with van der Waals surface area (Å²) in [5.74, 6) is 1.43. The summed E-state index contributed by atoms with van der Waals surface area (Å²) in [4.78, 5) is 2.68. The molecule has 0 fully saturated rings. The Labute approximate surface area is 133 Å². The Bertz CT molecular complexity index is 627. The summed E-state index contributed by atoms with van der Waals surface area (Å²) in [6, 6.07) is 8.26. The first kappa shape index (κ1) is 14.7. The Morgan fingerprint density at radius 3 is 2.86 bits per heavy atom. The highest BCUT2D eigenvalue weighted by molar-refractivity contribution is 7.11. The molecule has 0 aliphatic carbocycles. The Morgan fingerprint density at radius 1 is 1.19 bits per heavy atom. The van der Waals surface area contributed by atoms with Gasteiger partial charge in [0.25, 0.3) is 0 Å². The molecule has 112 valence electrons. The van der Waals surface area contributed by atoms with Crippen LogP contribution in [0.3, 0.4) is 0 Å². The zero-order valence-corrected chi connectivity index (χ0v) is 13.5. The maximum Gasteiger partial charge on any atom is 0.179 e. The zero-order valence-electron chi connectivity index (χ0n) is 11.9. The molecule has 5 heteroatoms. The predicted octanol–water partition coefficient (Wildman–Crippen LogP) is 4.16. The molecule has 0 radical (unpaired) electrons. The lowest BCUT2D eigenvalue weighted by molar-refractivity contribution is 0.297. The molecule has 0 saturated carbocycles. The van der Waals surface area contributed by atoms with Gasteiger partial charge in [0.2, 0.25) is 0 Å². The molecule has 3 nitrogen and oxygen atoms in total. The van der Waals surface area contributed by atoms with Gasteiger partial charge < -0.3 is 14.8 Å². The molecule has 0 unspecified atom stereocenters. The number of aryl methyl sites for hydroxylation is 1. The Morgan fingerprint density at radius 2 is 2.05 bits per heavy atom. The van der Waals surface area contributed by atoms with Crippen molar-refractivity contribution < 1.29 is 9.47 Å². The quantitative estimate of drug-likeness (QED) is 0.916. The standard InChI is InChI=1S/C16H18ClNO2S/c1-11-3-4-13(21-11)10-18-9-12-7-14(17)16-15(8-12)19-5-2-6-20-16/h3-4,7-8,18H,2,5-6,9-10H2,1H3. The molecule has 0 bridgehead atoms. The van der Waals surface area contributed by atoms with Crippen LogP contribution in [0.25, 0.3) is 0 Å². The third-order valence-corrected chi connectivity index (χ3v) is 4.57. The van der Waals surface area contributed by atoms with Crippen LogP contribution in [0.5, 0.6) is 11.5 Å². The van der Waals surface area contributed by atoms with Gasteiger partial charge in [0.05, 0.1) is 18.2 Å². The normalized spacial score (nSPS) is 14.0. The van der Waals surface area contributed by atoms with Crippen LogP contribution in [0.4, 0.5) is 0 Å². The first-order valence-electron chi connectivity index (χ1n) is 7.06. The van der Waals surface area contributed by atoms with E-state index in [2.05, 4.69) is 24.4 Å². The molecule has 21 heavy (non-hydrogen) atoms. The van der Waals surface area contributed by atoms with Gasteiger partial charge in [-0.2, -0.15) is 0 Å². The molecule has 0 spiro atoms. The average Bonchev–Trinajstić information content (AvgIpc) is 2.73. The molecule has 1 N–H and O–H groups in total. The lowest BCUT2D eigenvalue weighted by Crippen LogP contribution is -2.12. The predicted molar refractivity (Wildman–Crippen MR) is 86.7 cm³/mol.